The summed E-state index contributed by atoms with van der Waals surface area (Å²) in [6.07, 6.45) is 0. The van der Waals surface area contributed by atoms with Gasteiger partial charge in [0.1, 0.15) is 7.85 Å². The molecule has 0 fully saturated rings. The molecule has 0 radical (unpaired) electrons. The normalized spacial score (nSPS) is 16.8. The molecule has 0 saturated heterocycles. The first kappa shape index (κ1) is 18.5. The maximum absolute atomic E-state index is 3.73. The Hall–Kier alpha value is -2.32. The van der Waals surface area contributed by atoms with Crippen LogP contribution < -0.4 is 5.46 Å². The minimum Gasteiger partial charge on any atom is -0.0886 e. The van der Waals surface area contributed by atoms with Crippen LogP contribution in [0.3, 0.4) is 0 Å². The smallest absolute Gasteiger partial charge is 0.0886 e. The molecule has 2 heteroatoms. The molecule has 0 aromatic heterocycles. The van der Waals surface area contributed by atoms with Gasteiger partial charge >= 0.3 is 0 Å². The number of fused-ring (bicyclic) bond motifs is 10. The van der Waals surface area contributed by atoms with Gasteiger partial charge in [0.05, 0.1) is 0 Å². The summed E-state index contributed by atoms with van der Waals surface area (Å²) in [7, 11) is 2.21. The number of hydrogen-bond donors (Lipinski definition) is 0. The SMILES string of the molecule is Bc1ccc2c(c1)C(C)(C)c1c3c(c4ccccc4c1-2)-c1ccc(Br)cc1C3(C)C. The highest BCUT2D eigenvalue weighted by Gasteiger charge is 2.47. The van der Waals surface area contributed by atoms with E-state index in [1.54, 1.807) is 0 Å². The van der Waals surface area contributed by atoms with Crippen LogP contribution in [0.5, 0.6) is 0 Å². The molecule has 0 bridgehead atoms. The Kier molecular flexibility index (Phi) is 3.49. The standard InChI is InChI=1S/C28H24BBr/c1-27(2)21-13-15(29)9-11-19(21)23-17-7-5-6-8-18(17)24-20-12-10-16(30)14-22(20)28(3,4)26(24)25(23)27/h5-14H,29H2,1-4H3. The maximum atomic E-state index is 3.73. The first-order valence-corrected chi connectivity index (χ1v) is 11.5. The van der Waals surface area contributed by atoms with Gasteiger partial charge in [0.2, 0.25) is 0 Å². The van der Waals surface area contributed by atoms with E-state index >= 15 is 0 Å². The van der Waals surface area contributed by atoms with Crippen LogP contribution >= 0.6 is 15.9 Å². The van der Waals surface area contributed by atoms with Crippen LogP contribution in [0.1, 0.15) is 49.9 Å². The molecule has 30 heavy (non-hydrogen) atoms. The van der Waals surface area contributed by atoms with Gasteiger partial charge in [0, 0.05) is 15.3 Å². The average molecular weight is 451 g/mol. The van der Waals surface area contributed by atoms with Crippen molar-refractivity contribution >= 4 is 40.0 Å². The molecule has 0 nitrogen and oxygen atoms in total. The third-order valence-electron chi connectivity index (χ3n) is 7.51. The van der Waals surface area contributed by atoms with Crippen LogP contribution in [0.25, 0.3) is 33.0 Å². The third-order valence-corrected chi connectivity index (χ3v) is 8.00. The van der Waals surface area contributed by atoms with E-state index in [1.807, 2.05) is 0 Å². The lowest BCUT2D eigenvalue weighted by Gasteiger charge is -2.31. The number of benzene rings is 4. The third kappa shape index (κ3) is 2.08. The second-order valence-corrected chi connectivity index (χ2v) is 11.0. The second-order valence-electron chi connectivity index (χ2n) is 10.0. The van der Waals surface area contributed by atoms with Crippen LogP contribution in [-0.4, -0.2) is 7.85 Å². The summed E-state index contributed by atoms with van der Waals surface area (Å²) in [5, 5.41) is 2.76. The molecule has 146 valence electrons. The Morgan fingerprint density at radius 3 is 1.73 bits per heavy atom. The van der Waals surface area contributed by atoms with Gasteiger partial charge in [-0.15, -0.1) is 0 Å². The van der Waals surface area contributed by atoms with Crippen LogP contribution in [0.15, 0.2) is 65.1 Å². The molecule has 0 aliphatic heterocycles. The lowest BCUT2D eigenvalue weighted by atomic mass is 9.71. The highest BCUT2D eigenvalue weighted by atomic mass is 79.9. The molecule has 4 aromatic rings. The van der Waals surface area contributed by atoms with Crippen molar-refractivity contribution in [3.63, 3.8) is 0 Å². The Labute approximate surface area is 187 Å². The molecule has 0 spiro atoms. The van der Waals surface area contributed by atoms with Gasteiger partial charge in [-0.3, -0.25) is 0 Å². The molecule has 0 N–H and O–H groups in total. The monoisotopic (exact) mass is 450 g/mol. The zero-order valence-corrected chi connectivity index (χ0v) is 19.7. The number of hydrogen-bond acceptors (Lipinski definition) is 0. The molecule has 0 atom stereocenters. The Balaban J connectivity index is 1.88. The van der Waals surface area contributed by atoms with E-state index in [1.165, 1.54) is 60.7 Å². The number of rotatable bonds is 0. The molecule has 0 saturated carbocycles. The van der Waals surface area contributed by atoms with Gasteiger partial charge in [-0.1, -0.05) is 97.6 Å². The lowest BCUT2D eigenvalue weighted by Crippen LogP contribution is -2.25. The van der Waals surface area contributed by atoms with E-state index in [0.29, 0.717) is 0 Å². The molecule has 0 unspecified atom stereocenters. The van der Waals surface area contributed by atoms with Gasteiger partial charge in [-0.2, -0.15) is 0 Å². The fraction of sp³-hybridized carbons (Fsp3) is 0.214. The zero-order chi connectivity index (χ0) is 21.0. The number of halogens is 1. The summed E-state index contributed by atoms with van der Waals surface area (Å²) in [6.45, 7) is 9.65. The first-order valence-electron chi connectivity index (χ1n) is 10.7. The van der Waals surface area contributed by atoms with Crippen LogP contribution in [0.2, 0.25) is 0 Å². The van der Waals surface area contributed by atoms with Crippen molar-refractivity contribution in [1.82, 2.24) is 0 Å². The largest absolute Gasteiger partial charge is 0.139 e. The van der Waals surface area contributed by atoms with E-state index in [0.717, 1.165) is 4.47 Å². The fourth-order valence-corrected chi connectivity index (χ4v) is 6.52. The quantitative estimate of drug-likeness (QED) is 0.269. The van der Waals surface area contributed by atoms with E-state index in [4.69, 9.17) is 0 Å². The molecule has 4 aromatic carbocycles. The molecule has 2 aliphatic carbocycles. The summed E-state index contributed by atoms with van der Waals surface area (Å²) in [5.41, 5.74) is 12.9. The lowest BCUT2D eigenvalue weighted by molar-refractivity contribution is 0.602. The molecule has 6 rings (SSSR count). The zero-order valence-electron chi connectivity index (χ0n) is 18.2. The fourth-order valence-electron chi connectivity index (χ4n) is 6.16. The van der Waals surface area contributed by atoms with Crippen LogP contribution in [0, 0.1) is 0 Å². The Morgan fingerprint density at radius 1 is 0.667 bits per heavy atom. The van der Waals surface area contributed by atoms with Gasteiger partial charge in [-0.25, -0.2) is 0 Å². The Bertz CT molecular complexity index is 1300. The van der Waals surface area contributed by atoms with Gasteiger partial charge < -0.3 is 0 Å². The van der Waals surface area contributed by atoms with Crippen LogP contribution in [-0.2, 0) is 10.8 Å². The molecule has 0 amide bonds. The average Bonchev–Trinajstić information content (AvgIpc) is 3.07. The van der Waals surface area contributed by atoms with E-state index in [-0.39, 0.29) is 10.8 Å². The first-order chi connectivity index (χ1) is 14.2. The van der Waals surface area contributed by atoms with Crippen molar-refractivity contribution in [1.29, 1.82) is 0 Å². The summed E-state index contributed by atoms with van der Waals surface area (Å²) >= 11 is 3.73. The molecule has 2 aliphatic rings. The van der Waals surface area contributed by atoms with E-state index in [9.17, 15) is 0 Å². The van der Waals surface area contributed by atoms with Gasteiger partial charge in [-0.05, 0) is 67.4 Å². The summed E-state index contributed by atoms with van der Waals surface area (Å²) in [6, 6.07) is 22.9. The van der Waals surface area contributed by atoms with Crippen molar-refractivity contribution in [3.05, 3.63) is 87.4 Å². The summed E-state index contributed by atoms with van der Waals surface area (Å²) in [5.74, 6) is 0. The maximum Gasteiger partial charge on any atom is 0.139 e. The summed E-state index contributed by atoms with van der Waals surface area (Å²) < 4.78 is 1.15. The highest BCUT2D eigenvalue weighted by molar-refractivity contribution is 9.10. The molecular formula is C28H24BBr. The highest BCUT2D eigenvalue weighted by Crippen LogP contribution is 2.61. The topological polar surface area (TPSA) is 0 Å². The second kappa shape index (κ2) is 5.68. The van der Waals surface area contributed by atoms with Crippen molar-refractivity contribution in [2.45, 2.75) is 38.5 Å². The van der Waals surface area contributed by atoms with Crippen molar-refractivity contribution in [3.8, 4) is 22.3 Å². The Morgan fingerprint density at radius 2 is 1.17 bits per heavy atom. The van der Waals surface area contributed by atoms with Gasteiger partial charge in [0.15, 0.2) is 0 Å². The predicted octanol–water partition coefficient (Wildman–Crippen LogP) is 6.47. The van der Waals surface area contributed by atoms with Crippen molar-refractivity contribution in [2.75, 3.05) is 0 Å². The minimum absolute atomic E-state index is 0.0264. The summed E-state index contributed by atoms with van der Waals surface area (Å²) in [4.78, 5) is 0. The predicted molar refractivity (Wildman–Crippen MR) is 135 cm³/mol. The molecular weight excluding hydrogens is 427 g/mol. The van der Waals surface area contributed by atoms with Gasteiger partial charge in [0.25, 0.3) is 0 Å². The van der Waals surface area contributed by atoms with E-state index < -0.39 is 0 Å². The molecule has 0 heterocycles. The van der Waals surface area contributed by atoms with Crippen molar-refractivity contribution < 1.29 is 0 Å². The minimum atomic E-state index is -0.0447. The van der Waals surface area contributed by atoms with Crippen LogP contribution in [0.4, 0.5) is 0 Å². The van der Waals surface area contributed by atoms with Crippen molar-refractivity contribution in [2.24, 2.45) is 0 Å². The van der Waals surface area contributed by atoms with E-state index in [2.05, 4.69) is 112 Å².